The highest BCUT2D eigenvalue weighted by Crippen LogP contribution is 2.34. The molecular weight excluding hydrogens is 387 g/mol. The van der Waals surface area contributed by atoms with Gasteiger partial charge >= 0.3 is 6.18 Å². The van der Waals surface area contributed by atoms with Gasteiger partial charge < -0.3 is 4.57 Å². The van der Waals surface area contributed by atoms with E-state index in [0.717, 1.165) is 29.0 Å². The number of aromatic nitrogens is 1. The van der Waals surface area contributed by atoms with Crippen LogP contribution in [0.15, 0.2) is 48.7 Å². The summed E-state index contributed by atoms with van der Waals surface area (Å²) in [5.74, 6) is -1.00. The van der Waals surface area contributed by atoms with Crippen molar-refractivity contribution in [2.45, 2.75) is 25.4 Å². The topological polar surface area (TPSA) is 8.17 Å². The molecule has 29 heavy (non-hydrogen) atoms. The first kappa shape index (κ1) is 19.9. The summed E-state index contributed by atoms with van der Waals surface area (Å²) in [4.78, 5) is 1.47. The molecular formula is C22H21F5N2. The van der Waals surface area contributed by atoms with E-state index < -0.39 is 24.4 Å². The Hall–Kier alpha value is -2.41. The van der Waals surface area contributed by atoms with Crippen molar-refractivity contribution < 1.29 is 22.0 Å². The van der Waals surface area contributed by atoms with Crippen molar-refractivity contribution in [2.75, 3.05) is 19.6 Å². The fourth-order valence-corrected chi connectivity index (χ4v) is 4.29. The minimum Gasteiger partial charge on any atom is -0.316 e. The predicted octanol–water partition coefficient (Wildman–Crippen LogP) is 5.90. The highest BCUT2D eigenvalue weighted by Gasteiger charge is 2.36. The van der Waals surface area contributed by atoms with Crippen LogP contribution >= 0.6 is 0 Å². The zero-order chi connectivity index (χ0) is 20.8. The third kappa shape index (κ3) is 4.29. The first-order valence-electron chi connectivity index (χ1n) is 9.56. The Balaban J connectivity index is 1.56. The van der Waals surface area contributed by atoms with E-state index in [1.807, 2.05) is 31.2 Å². The molecule has 1 fully saturated rings. The van der Waals surface area contributed by atoms with Gasteiger partial charge in [0.1, 0.15) is 11.6 Å². The molecule has 0 saturated carbocycles. The van der Waals surface area contributed by atoms with Crippen LogP contribution in [0.2, 0.25) is 0 Å². The maximum atomic E-state index is 13.6. The highest BCUT2D eigenvalue weighted by molar-refractivity contribution is 5.82. The molecule has 1 aromatic heterocycles. The standard InChI is InChI=1S/C22H21F5N2/c1-14(17-4-6-28(12-17)13-22(25,26)27)15-2-3-21-16(8-15)5-7-29(21)20-10-18(23)9-19(24)11-20/h2-3,5,7-11,14,17H,4,6,12-13H2,1H3/t14-,17-/m0/s1. The normalized spacial score (nSPS) is 19.2. The molecule has 1 aliphatic rings. The van der Waals surface area contributed by atoms with Gasteiger partial charge in [0.2, 0.25) is 0 Å². The molecule has 2 nitrogen and oxygen atoms in total. The third-order valence-electron chi connectivity index (χ3n) is 5.78. The smallest absolute Gasteiger partial charge is 0.316 e. The number of halogens is 5. The van der Waals surface area contributed by atoms with Gasteiger partial charge in [-0.3, -0.25) is 4.90 Å². The van der Waals surface area contributed by atoms with Crippen LogP contribution in [0.3, 0.4) is 0 Å². The lowest BCUT2D eigenvalue weighted by atomic mass is 9.86. The maximum Gasteiger partial charge on any atom is 0.401 e. The second kappa shape index (κ2) is 7.44. The lowest BCUT2D eigenvalue weighted by molar-refractivity contribution is -0.143. The predicted molar refractivity (Wildman–Crippen MR) is 102 cm³/mol. The molecule has 1 saturated heterocycles. The molecule has 3 aromatic rings. The van der Waals surface area contributed by atoms with Gasteiger partial charge in [0.05, 0.1) is 17.7 Å². The maximum absolute atomic E-state index is 13.6. The van der Waals surface area contributed by atoms with Crippen molar-refractivity contribution in [1.82, 2.24) is 9.47 Å². The Labute approximate surface area is 165 Å². The van der Waals surface area contributed by atoms with E-state index >= 15 is 0 Å². The number of likely N-dealkylation sites (tertiary alicyclic amines) is 1. The Morgan fingerprint density at radius 3 is 2.45 bits per heavy atom. The molecule has 2 heterocycles. The van der Waals surface area contributed by atoms with Crippen LogP contribution in [0.4, 0.5) is 22.0 Å². The van der Waals surface area contributed by atoms with Gasteiger partial charge in [-0.05, 0) is 60.7 Å². The lowest BCUT2D eigenvalue weighted by Crippen LogP contribution is -2.32. The molecule has 154 valence electrons. The van der Waals surface area contributed by atoms with E-state index in [0.29, 0.717) is 18.8 Å². The van der Waals surface area contributed by atoms with Gasteiger partial charge in [-0.1, -0.05) is 13.0 Å². The van der Waals surface area contributed by atoms with Crippen molar-refractivity contribution in [3.8, 4) is 5.69 Å². The average Bonchev–Trinajstić information content (AvgIpc) is 3.25. The summed E-state index contributed by atoms with van der Waals surface area (Å²) in [5, 5.41) is 0.921. The highest BCUT2D eigenvalue weighted by atomic mass is 19.4. The van der Waals surface area contributed by atoms with Gasteiger partial charge in [-0.2, -0.15) is 13.2 Å². The van der Waals surface area contributed by atoms with Gasteiger partial charge in [-0.25, -0.2) is 8.78 Å². The monoisotopic (exact) mass is 408 g/mol. The van der Waals surface area contributed by atoms with Crippen molar-refractivity contribution in [3.63, 3.8) is 0 Å². The van der Waals surface area contributed by atoms with Crippen LogP contribution < -0.4 is 0 Å². The Morgan fingerprint density at radius 1 is 1.03 bits per heavy atom. The van der Waals surface area contributed by atoms with Gasteiger partial charge in [-0.15, -0.1) is 0 Å². The van der Waals surface area contributed by atoms with Crippen molar-refractivity contribution in [1.29, 1.82) is 0 Å². The summed E-state index contributed by atoms with van der Waals surface area (Å²) in [6, 6.07) is 11.1. The van der Waals surface area contributed by atoms with Crippen LogP contribution in [0.1, 0.15) is 24.8 Å². The summed E-state index contributed by atoms with van der Waals surface area (Å²) in [6.45, 7) is 2.07. The SMILES string of the molecule is C[C@@H](c1ccc2c(ccn2-c2cc(F)cc(F)c2)c1)[C@H]1CCN(CC(F)(F)F)C1. The Bertz CT molecular complexity index is 1000. The molecule has 4 rings (SSSR count). The quantitative estimate of drug-likeness (QED) is 0.488. The van der Waals surface area contributed by atoms with Crippen LogP contribution in [-0.4, -0.2) is 35.3 Å². The second-order valence-electron chi connectivity index (χ2n) is 7.82. The summed E-state index contributed by atoms with van der Waals surface area (Å²) >= 11 is 0. The molecule has 0 radical (unpaired) electrons. The second-order valence-corrected chi connectivity index (χ2v) is 7.82. The van der Waals surface area contributed by atoms with Gasteiger partial charge in [0.15, 0.2) is 0 Å². The molecule has 1 aliphatic heterocycles. The summed E-state index contributed by atoms with van der Waals surface area (Å²) in [5.41, 5.74) is 2.27. The van der Waals surface area contributed by atoms with E-state index in [-0.39, 0.29) is 11.8 Å². The zero-order valence-electron chi connectivity index (χ0n) is 15.9. The minimum absolute atomic E-state index is 0.118. The fourth-order valence-electron chi connectivity index (χ4n) is 4.29. The third-order valence-corrected chi connectivity index (χ3v) is 5.78. The van der Waals surface area contributed by atoms with Crippen molar-refractivity contribution in [3.05, 3.63) is 65.9 Å². The summed E-state index contributed by atoms with van der Waals surface area (Å²) < 4.78 is 66.8. The van der Waals surface area contributed by atoms with E-state index in [1.165, 1.54) is 17.0 Å². The molecule has 0 amide bonds. The number of fused-ring (bicyclic) bond motifs is 1. The number of hydrogen-bond acceptors (Lipinski definition) is 1. The molecule has 7 heteroatoms. The minimum atomic E-state index is -4.17. The number of benzene rings is 2. The molecule has 0 bridgehead atoms. The van der Waals surface area contributed by atoms with Crippen LogP contribution in [0, 0.1) is 17.6 Å². The summed E-state index contributed by atoms with van der Waals surface area (Å²) in [7, 11) is 0. The first-order valence-corrected chi connectivity index (χ1v) is 9.56. The van der Waals surface area contributed by atoms with Crippen LogP contribution in [0.25, 0.3) is 16.6 Å². The molecule has 0 aliphatic carbocycles. The van der Waals surface area contributed by atoms with Crippen LogP contribution in [0.5, 0.6) is 0 Å². The molecule has 2 atom stereocenters. The molecule has 2 aromatic carbocycles. The van der Waals surface area contributed by atoms with E-state index in [4.69, 9.17) is 0 Å². The Morgan fingerprint density at radius 2 is 1.76 bits per heavy atom. The van der Waals surface area contributed by atoms with Crippen molar-refractivity contribution in [2.24, 2.45) is 5.92 Å². The number of nitrogens with zero attached hydrogens (tertiary/aromatic N) is 2. The average molecular weight is 408 g/mol. The largest absolute Gasteiger partial charge is 0.401 e. The number of rotatable bonds is 4. The molecule has 0 spiro atoms. The number of hydrogen-bond donors (Lipinski definition) is 0. The van der Waals surface area contributed by atoms with Crippen molar-refractivity contribution >= 4 is 10.9 Å². The van der Waals surface area contributed by atoms with Gasteiger partial charge in [0, 0.05) is 24.2 Å². The lowest BCUT2D eigenvalue weighted by Gasteiger charge is -2.22. The van der Waals surface area contributed by atoms with E-state index in [9.17, 15) is 22.0 Å². The van der Waals surface area contributed by atoms with Gasteiger partial charge in [0.25, 0.3) is 0 Å². The molecule has 0 N–H and O–H groups in total. The van der Waals surface area contributed by atoms with E-state index in [2.05, 4.69) is 0 Å². The molecule has 0 unspecified atom stereocenters. The number of alkyl halides is 3. The Kier molecular flexibility index (Phi) is 5.11. The zero-order valence-corrected chi connectivity index (χ0v) is 15.9. The summed E-state index contributed by atoms with van der Waals surface area (Å²) in [6.07, 6.45) is -1.68. The van der Waals surface area contributed by atoms with Crippen LogP contribution in [-0.2, 0) is 0 Å². The fraction of sp³-hybridized carbons (Fsp3) is 0.364. The first-order chi connectivity index (χ1) is 13.7. The van der Waals surface area contributed by atoms with E-state index in [1.54, 1.807) is 10.8 Å².